The minimum Gasteiger partial charge on any atom is -0.384 e. The van der Waals surface area contributed by atoms with Gasteiger partial charge in [0, 0.05) is 23.3 Å². The van der Waals surface area contributed by atoms with Gasteiger partial charge in [0.1, 0.15) is 0 Å². The number of carbonyl (C=O) groups excluding carboxylic acids is 1. The van der Waals surface area contributed by atoms with Gasteiger partial charge in [-0.2, -0.15) is 0 Å². The van der Waals surface area contributed by atoms with Crippen molar-refractivity contribution in [2.75, 3.05) is 11.9 Å². The largest absolute Gasteiger partial charge is 0.384 e. The number of hydrogen-bond acceptors (Lipinski definition) is 4. The molecule has 100 valence electrons. The summed E-state index contributed by atoms with van der Waals surface area (Å²) in [6.07, 6.45) is 2.79. The van der Waals surface area contributed by atoms with E-state index in [9.17, 15) is 4.79 Å². The second kappa shape index (κ2) is 6.89. The molecule has 0 radical (unpaired) electrons. The number of anilines is 1. The van der Waals surface area contributed by atoms with Crippen molar-refractivity contribution >= 4 is 22.9 Å². The molecule has 0 atom stereocenters. The Balaban J connectivity index is 2.01. The number of nitrogens with zero attached hydrogens (tertiary/aromatic N) is 1. The maximum Gasteiger partial charge on any atom is 0.253 e. The Morgan fingerprint density at radius 2 is 2.21 bits per heavy atom. The van der Waals surface area contributed by atoms with Crippen molar-refractivity contribution < 1.29 is 4.79 Å². The highest BCUT2D eigenvalue weighted by Crippen LogP contribution is 2.15. The van der Waals surface area contributed by atoms with Crippen LogP contribution in [0.25, 0.3) is 0 Å². The predicted octanol–water partition coefficient (Wildman–Crippen LogP) is 2.90. The number of rotatable bonds is 6. The minimum absolute atomic E-state index is 0.0624. The van der Waals surface area contributed by atoms with Crippen molar-refractivity contribution in [2.45, 2.75) is 19.9 Å². The summed E-state index contributed by atoms with van der Waals surface area (Å²) in [5.41, 5.74) is 3.32. The lowest BCUT2D eigenvalue weighted by Gasteiger charge is -2.11. The first-order valence-corrected chi connectivity index (χ1v) is 7.17. The maximum atomic E-state index is 12.2. The summed E-state index contributed by atoms with van der Waals surface area (Å²) < 4.78 is 0. The summed E-state index contributed by atoms with van der Waals surface area (Å²) in [4.78, 5) is 17.2. The molecule has 0 aliphatic heterocycles. The Bertz CT molecular complexity index is 525. The molecule has 0 saturated carbocycles. The van der Waals surface area contributed by atoms with Gasteiger partial charge in [-0.15, -0.1) is 11.3 Å². The normalized spacial score (nSPS) is 10.2. The molecule has 0 bridgehead atoms. The summed E-state index contributed by atoms with van der Waals surface area (Å²) in [6.45, 7) is 3.48. The van der Waals surface area contributed by atoms with Crippen LogP contribution in [0, 0.1) is 0 Å². The molecule has 2 aromatic rings. The van der Waals surface area contributed by atoms with Gasteiger partial charge in [0.2, 0.25) is 0 Å². The molecule has 1 aromatic carbocycles. The summed E-state index contributed by atoms with van der Waals surface area (Å²) in [7, 11) is 0. The summed E-state index contributed by atoms with van der Waals surface area (Å²) >= 11 is 1.54. The zero-order valence-electron chi connectivity index (χ0n) is 10.8. The Labute approximate surface area is 116 Å². The number of amides is 1. The van der Waals surface area contributed by atoms with Crippen LogP contribution in [0.15, 0.2) is 36.0 Å². The van der Waals surface area contributed by atoms with Crippen LogP contribution in [0.3, 0.4) is 0 Å². The number of aromatic nitrogens is 1. The Morgan fingerprint density at radius 1 is 1.37 bits per heavy atom. The fourth-order valence-electron chi connectivity index (χ4n) is 1.69. The number of para-hydroxylation sites is 1. The first-order chi connectivity index (χ1) is 9.31. The number of nitrogens with one attached hydrogen (secondary N) is 2. The predicted molar refractivity (Wildman–Crippen MR) is 78.5 cm³/mol. The molecule has 1 aromatic heterocycles. The van der Waals surface area contributed by atoms with Crippen LogP contribution in [-0.2, 0) is 6.54 Å². The van der Waals surface area contributed by atoms with E-state index in [0.29, 0.717) is 12.1 Å². The third kappa shape index (κ3) is 3.79. The molecule has 0 aliphatic carbocycles. The summed E-state index contributed by atoms with van der Waals surface area (Å²) in [5, 5.41) is 6.18. The molecular weight excluding hydrogens is 258 g/mol. The zero-order chi connectivity index (χ0) is 13.5. The van der Waals surface area contributed by atoms with E-state index in [0.717, 1.165) is 23.5 Å². The van der Waals surface area contributed by atoms with E-state index in [1.807, 2.05) is 24.3 Å². The maximum absolute atomic E-state index is 12.2. The van der Waals surface area contributed by atoms with Crippen molar-refractivity contribution in [2.24, 2.45) is 0 Å². The number of benzene rings is 1. The van der Waals surface area contributed by atoms with Crippen molar-refractivity contribution in [3.63, 3.8) is 0 Å². The van der Waals surface area contributed by atoms with Crippen LogP contribution in [0.4, 0.5) is 5.69 Å². The molecule has 1 heterocycles. The van der Waals surface area contributed by atoms with E-state index in [1.165, 1.54) is 11.3 Å². The molecule has 0 unspecified atom stereocenters. The molecular formula is C14H17N3OS. The van der Waals surface area contributed by atoms with Gasteiger partial charge in [0.15, 0.2) is 0 Å². The second-order valence-corrected chi connectivity index (χ2v) is 5.09. The molecule has 0 saturated heterocycles. The second-order valence-electron chi connectivity index (χ2n) is 4.12. The average molecular weight is 275 g/mol. The lowest BCUT2D eigenvalue weighted by molar-refractivity contribution is 0.0952. The smallest absolute Gasteiger partial charge is 0.253 e. The number of carbonyl (C=O) groups is 1. The van der Waals surface area contributed by atoms with Crippen molar-refractivity contribution in [3.05, 3.63) is 46.4 Å². The summed E-state index contributed by atoms with van der Waals surface area (Å²) in [5.74, 6) is -0.0624. The fraction of sp³-hybridized carbons (Fsp3) is 0.286. The van der Waals surface area contributed by atoms with E-state index in [-0.39, 0.29) is 5.91 Å². The van der Waals surface area contributed by atoms with Crippen LogP contribution in [0.5, 0.6) is 0 Å². The molecule has 4 nitrogen and oxygen atoms in total. The van der Waals surface area contributed by atoms with Crippen LogP contribution < -0.4 is 10.6 Å². The Hall–Kier alpha value is -1.88. The lowest BCUT2D eigenvalue weighted by Crippen LogP contribution is -2.23. The lowest BCUT2D eigenvalue weighted by atomic mass is 10.1. The van der Waals surface area contributed by atoms with Gasteiger partial charge in [-0.1, -0.05) is 19.1 Å². The summed E-state index contributed by atoms with van der Waals surface area (Å²) in [6, 6.07) is 7.56. The SMILES string of the molecule is CCCNc1ccccc1C(=O)NCc1cncs1. The molecule has 2 rings (SSSR count). The minimum atomic E-state index is -0.0624. The van der Waals surface area contributed by atoms with E-state index >= 15 is 0 Å². The van der Waals surface area contributed by atoms with Gasteiger partial charge in [-0.25, -0.2) is 0 Å². The van der Waals surface area contributed by atoms with Crippen LogP contribution in [0.1, 0.15) is 28.6 Å². The van der Waals surface area contributed by atoms with Gasteiger partial charge in [0.05, 0.1) is 17.6 Å². The van der Waals surface area contributed by atoms with Crippen molar-refractivity contribution in [3.8, 4) is 0 Å². The average Bonchev–Trinajstić information content (AvgIpc) is 2.96. The first-order valence-electron chi connectivity index (χ1n) is 6.29. The Morgan fingerprint density at radius 3 is 2.95 bits per heavy atom. The Kier molecular flexibility index (Phi) is 4.92. The topological polar surface area (TPSA) is 54.0 Å². The zero-order valence-corrected chi connectivity index (χ0v) is 11.7. The third-order valence-corrected chi connectivity index (χ3v) is 3.42. The van der Waals surface area contributed by atoms with Crippen LogP contribution in [-0.4, -0.2) is 17.4 Å². The van der Waals surface area contributed by atoms with E-state index in [1.54, 1.807) is 11.7 Å². The van der Waals surface area contributed by atoms with Crippen molar-refractivity contribution in [1.82, 2.24) is 10.3 Å². The molecule has 5 heteroatoms. The highest BCUT2D eigenvalue weighted by Gasteiger charge is 2.10. The molecule has 1 amide bonds. The first kappa shape index (κ1) is 13.5. The van der Waals surface area contributed by atoms with Gasteiger partial charge in [-0.3, -0.25) is 9.78 Å². The standard InChI is InChI=1S/C14H17N3OS/c1-2-7-16-13-6-4-3-5-12(13)14(18)17-9-11-8-15-10-19-11/h3-6,8,10,16H,2,7,9H2,1H3,(H,17,18). The van der Waals surface area contributed by atoms with E-state index < -0.39 is 0 Å². The number of thiazole rings is 1. The molecule has 2 N–H and O–H groups in total. The van der Waals surface area contributed by atoms with Gasteiger partial charge in [-0.05, 0) is 18.6 Å². The molecule has 0 fully saturated rings. The van der Waals surface area contributed by atoms with Crippen molar-refractivity contribution in [1.29, 1.82) is 0 Å². The molecule has 0 aliphatic rings. The van der Waals surface area contributed by atoms with Crippen LogP contribution in [0.2, 0.25) is 0 Å². The van der Waals surface area contributed by atoms with Gasteiger partial charge < -0.3 is 10.6 Å². The van der Waals surface area contributed by atoms with Crippen LogP contribution >= 0.6 is 11.3 Å². The molecule has 0 spiro atoms. The highest BCUT2D eigenvalue weighted by atomic mass is 32.1. The van der Waals surface area contributed by atoms with Gasteiger partial charge >= 0.3 is 0 Å². The highest BCUT2D eigenvalue weighted by molar-refractivity contribution is 7.09. The number of hydrogen-bond donors (Lipinski definition) is 2. The fourth-order valence-corrected chi connectivity index (χ4v) is 2.22. The molecule has 19 heavy (non-hydrogen) atoms. The van der Waals surface area contributed by atoms with E-state index in [4.69, 9.17) is 0 Å². The third-order valence-electron chi connectivity index (χ3n) is 2.64. The van der Waals surface area contributed by atoms with Gasteiger partial charge in [0.25, 0.3) is 5.91 Å². The quantitative estimate of drug-likeness (QED) is 0.852. The van der Waals surface area contributed by atoms with E-state index in [2.05, 4.69) is 22.5 Å². The monoisotopic (exact) mass is 275 g/mol.